The molecule has 176 valence electrons. The summed E-state index contributed by atoms with van der Waals surface area (Å²) in [7, 11) is 0. The van der Waals surface area contributed by atoms with Gasteiger partial charge in [-0.05, 0) is 55.8 Å². The third-order valence-corrected chi connectivity index (χ3v) is 6.57. The molecule has 0 radical (unpaired) electrons. The molecular formula is C26H24FN7O. The van der Waals surface area contributed by atoms with Crippen molar-refractivity contribution in [3.8, 4) is 17.0 Å². The quantitative estimate of drug-likeness (QED) is 0.365. The number of benzene rings is 1. The second-order valence-electron chi connectivity index (χ2n) is 8.75. The third kappa shape index (κ3) is 3.52. The van der Waals surface area contributed by atoms with Crippen LogP contribution in [0.25, 0.3) is 33.4 Å². The van der Waals surface area contributed by atoms with Gasteiger partial charge < -0.3 is 20.6 Å². The highest BCUT2D eigenvalue weighted by Crippen LogP contribution is 2.37. The molecular weight excluding hydrogens is 445 g/mol. The third-order valence-electron chi connectivity index (χ3n) is 6.57. The summed E-state index contributed by atoms with van der Waals surface area (Å²) in [6.45, 7) is 3.81. The molecule has 1 aliphatic heterocycles. The van der Waals surface area contributed by atoms with E-state index in [1.165, 1.54) is 24.0 Å². The fourth-order valence-corrected chi connectivity index (χ4v) is 4.95. The van der Waals surface area contributed by atoms with Gasteiger partial charge in [-0.2, -0.15) is 5.10 Å². The summed E-state index contributed by atoms with van der Waals surface area (Å²) in [6.07, 6.45) is 6.63. The molecule has 0 bridgehead atoms. The molecule has 0 spiro atoms. The molecule has 0 aliphatic carbocycles. The van der Waals surface area contributed by atoms with Crippen LogP contribution in [0, 0.1) is 5.82 Å². The van der Waals surface area contributed by atoms with Crippen molar-refractivity contribution in [3.05, 3.63) is 78.1 Å². The smallest absolute Gasteiger partial charge is 0.164 e. The van der Waals surface area contributed by atoms with Gasteiger partial charge in [0.25, 0.3) is 0 Å². The molecule has 5 aromatic rings. The molecule has 8 nitrogen and oxygen atoms in total. The van der Waals surface area contributed by atoms with Gasteiger partial charge in [0.1, 0.15) is 29.4 Å². The average Bonchev–Trinajstić information content (AvgIpc) is 3.44. The predicted octanol–water partition coefficient (Wildman–Crippen LogP) is 4.16. The van der Waals surface area contributed by atoms with Crippen LogP contribution in [-0.2, 0) is 0 Å². The zero-order valence-corrected chi connectivity index (χ0v) is 19.1. The Morgan fingerprint density at radius 2 is 2.06 bits per heavy atom. The Hall–Kier alpha value is -4.24. The van der Waals surface area contributed by atoms with E-state index < -0.39 is 5.82 Å². The van der Waals surface area contributed by atoms with Gasteiger partial charge in [0.15, 0.2) is 5.65 Å². The summed E-state index contributed by atoms with van der Waals surface area (Å²) in [4.78, 5) is 8.64. The van der Waals surface area contributed by atoms with Crippen LogP contribution in [0.5, 0.6) is 5.75 Å². The maximum absolute atomic E-state index is 14.2. The molecule has 9 heteroatoms. The lowest BCUT2D eigenvalue weighted by Crippen LogP contribution is -2.21. The Morgan fingerprint density at radius 3 is 2.86 bits per heavy atom. The standard InChI is InChI=1S/C26H24FN7O/c1-15(21-13-19-4-2-3-9-33(19)24(21)16-5-7-29-8-6-16)34-26-22(25(28)30-14-31-26)23(32-34)17-10-18(27)12-20(35)11-17/h2-5,9-15,29,35H,6-8H2,1H3,(H2,28,30,31). The fraction of sp³-hybridized carbons (Fsp3) is 0.192. The zero-order chi connectivity index (χ0) is 24.1. The Balaban J connectivity index is 1.59. The number of nitrogen functional groups attached to an aromatic ring is 1. The number of nitrogens with two attached hydrogens (primary N) is 1. The number of fused-ring (bicyclic) bond motifs is 2. The molecule has 0 saturated heterocycles. The molecule has 0 amide bonds. The molecule has 0 fully saturated rings. The first-order valence-electron chi connectivity index (χ1n) is 11.5. The lowest BCUT2D eigenvalue weighted by molar-refractivity contribution is 0.469. The Kier molecular flexibility index (Phi) is 5.00. The van der Waals surface area contributed by atoms with E-state index in [0.29, 0.717) is 22.3 Å². The number of aromatic hydroxyl groups is 1. The molecule has 1 aromatic carbocycles. The Morgan fingerprint density at radius 1 is 1.17 bits per heavy atom. The minimum Gasteiger partial charge on any atom is -0.508 e. The number of phenols is 1. The second-order valence-corrected chi connectivity index (χ2v) is 8.75. The summed E-state index contributed by atoms with van der Waals surface area (Å²) in [5.74, 6) is -0.509. The molecule has 1 unspecified atom stereocenters. The largest absolute Gasteiger partial charge is 0.508 e. The van der Waals surface area contributed by atoms with E-state index in [2.05, 4.69) is 51.0 Å². The van der Waals surface area contributed by atoms with Crippen molar-refractivity contribution in [2.45, 2.75) is 19.4 Å². The summed E-state index contributed by atoms with van der Waals surface area (Å²) in [6, 6.07) is 11.9. The minimum absolute atomic E-state index is 0.190. The first-order chi connectivity index (χ1) is 17.0. The normalized spacial score (nSPS) is 15.0. The van der Waals surface area contributed by atoms with Gasteiger partial charge in [-0.3, -0.25) is 0 Å². The van der Waals surface area contributed by atoms with Gasteiger partial charge in [0, 0.05) is 35.5 Å². The molecule has 5 heterocycles. The first-order valence-corrected chi connectivity index (χ1v) is 11.5. The van der Waals surface area contributed by atoms with Gasteiger partial charge in [-0.1, -0.05) is 12.1 Å². The summed E-state index contributed by atoms with van der Waals surface area (Å²) < 4.78 is 18.2. The molecule has 1 atom stereocenters. The van der Waals surface area contributed by atoms with Crippen LogP contribution in [0.2, 0.25) is 0 Å². The van der Waals surface area contributed by atoms with Crippen molar-refractivity contribution in [1.29, 1.82) is 0 Å². The van der Waals surface area contributed by atoms with E-state index in [1.54, 1.807) is 0 Å². The van der Waals surface area contributed by atoms with Crippen molar-refractivity contribution in [1.82, 2.24) is 29.5 Å². The van der Waals surface area contributed by atoms with Crippen molar-refractivity contribution in [2.75, 3.05) is 18.8 Å². The number of halogens is 1. The maximum Gasteiger partial charge on any atom is 0.164 e. The summed E-state index contributed by atoms with van der Waals surface area (Å²) >= 11 is 0. The number of nitrogens with zero attached hydrogens (tertiary/aromatic N) is 5. The monoisotopic (exact) mass is 469 g/mol. The van der Waals surface area contributed by atoms with Crippen molar-refractivity contribution < 1.29 is 9.50 Å². The van der Waals surface area contributed by atoms with Crippen LogP contribution in [0.3, 0.4) is 0 Å². The van der Waals surface area contributed by atoms with E-state index in [-0.39, 0.29) is 17.6 Å². The average molecular weight is 470 g/mol. The number of hydrogen-bond donors (Lipinski definition) is 3. The lowest BCUT2D eigenvalue weighted by atomic mass is 9.99. The van der Waals surface area contributed by atoms with Gasteiger partial charge in [0.2, 0.25) is 0 Å². The van der Waals surface area contributed by atoms with Crippen molar-refractivity contribution in [3.63, 3.8) is 0 Å². The lowest BCUT2D eigenvalue weighted by Gasteiger charge is -2.19. The van der Waals surface area contributed by atoms with E-state index in [0.717, 1.165) is 42.4 Å². The van der Waals surface area contributed by atoms with E-state index >= 15 is 0 Å². The number of phenolic OH excluding ortho intramolecular Hbond substituents is 1. The van der Waals surface area contributed by atoms with Crippen LogP contribution < -0.4 is 11.1 Å². The highest BCUT2D eigenvalue weighted by Gasteiger charge is 2.26. The highest BCUT2D eigenvalue weighted by molar-refractivity contribution is 5.98. The number of aromatic nitrogens is 5. The van der Waals surface area contributed by atoms with E-state index in [1.807, 2.05) is 16.8 Å². The minimum atomic E-state index is -0.565. The van der Waals surface area contributed by atoms with Crippen LogP contribution in [0.15, 0.2) is 61.1 Å². The Labute approximate surface area is 200 Å². The fourth-order valence-electron chi connectivity index (χ4n) is 4.95. The molecule has 35 heavy (non-hydrogen) atoms. The van der Waals surface area contributed by atoms with Crippen LogP contribution in [0.1, 0.15) is 30.6 Å². The van der Waals surface area contributed by atoms with E-state index in [4.69, 9.17) is 10.8 Å². The Bertz CT molecular complexity index is 1600. The molecule has 4 N–H and O–H groups in total. The van der Waals surface area contributed by atoms with Gasteiger partial charge in [0.05, 0.1) is 17.1 Å². The van der Waals surface area contributed by atoms with Crippen molar-refractivity contribution in [2.24, 2.45) is 0 Å². The molecule has 1 aliphatic rings. The van der Waals surface area contributed by atoms with Crippen molar-refractivity contribution >= 4 is 27.9 Å². The number of rotatable bonds is 4. The first kappa shape index (κ1) is 21.3. The second kappa shape index (κ2) is 8.21. The SMILES string of the molecule is CC(c1cc2ccccn2c1C1=CCNCC1)n1nc(-c2cc(O)cc(F)c2)c2c(N)ncnc21. The van der Waals surface area contributed by atoms with Gasteiger partial charge >= 0.3 is 0 Å². The van der Waals surface area contributed by atoms with Gasteiger partial charge in [-0.15, -0.1) is 0 Å². The number of pyridine rings is 1. The predicted molar refractivity (Wildman–Crippen MR) is 133 cm³/mol. The highest BCUT2D eigenvalue weighted by atomic mass is 19.1. The summed E-state index contributed by atoms with van der Waals surface area (Å²) in [5, 5.41) is 18.8. The summed E-state index contributed by atoms with van der Waals surface area (Å²) in [5.41, 5.74) is 12.2. The molecule has 0 saturated carbocycles. The van der Waals surface area contributed by atoms with Gasteiger partial charge in [-0.25, -0.2) is 19.0 Å². The van der Waals surface area contributed by atoms with Crippen LogP contribution in [-0.4, -0.2) is 42.3 Å². The number of hydrogen-bond acceptors (Lipinski definition) is 6. The topological polar surface area (TPSA) is 106 Å². The zero-order valence-electron chi connectivity index (χ0n) is 19.1. The molecule has 6 rings (SSSR count). The molecule has 4 aromatic heterocycles. The number of anilines is 1. The van der Waals surface area contributed by atoms with E-state index in [9.17, 15) is 9.50 Å². The maximum atomic E-state index is 14.2. The van der Waals surface area contributed by atoms with Crippen LogP contribution in [0.4, 0.5) is 10.2 Å². The van der Waals surface area contributed by atoms with Crippen LogP contribution >= 0.6 is 0 Å². The number of nitrogens with one attached hydrogen (secondary N) is 1.